The summed E-state index contributed by atoms with van der Waals surface area (Å²) >= 11 is 0. The third-order valence-electron chi connectivity index (χ3n) is 5.27. The van der Waals surface area contributed by atoms with Gasteiger partial charge in [-0.3, -0.25) is 4.79 Å². The molecule has 0 radical (unpaired) electrons. The van der Waals surface area contributed by atoms with Gasteiger partial charge in [-0.05, 0) is 43.6 Å². The van der Waals surface area contributed by atoms with Crippen molar-refractivity contribution in [2.75, 3.05) is 20.2 Å². The van der Waals surface area contributed by atoms with E-state index in [0.29, 0.717) is 11.4 Å². The Morgan fingerprint density at radius 3 is 2.84 bits per heavy atom. The molecule has 0 bridgehead atoms. The third-order valence-corrected chi connectivity index (χ3v) is 5.27. The van der Waals surface area contributed by atoms with Crippen LogP contribution >= 0.6 is 0 Å². The van der Waals surface area contributed by atoms with Crippen molar-refractivity contribution in [1.82, 2.24) is 26.1 Å². The number of allylic oxidation sites excluding steroid dienone is 2. The molecule has 1 amide bonds. The van der Waals surface area contributed by atoms with Gasteiger partial charge in [-0.25, -0.2) is 4.39 Å². The maximum Gasteiger partial charge on any atom is 0.252 e. The summed E-state index contributed by atoms with van der Waals surface area (Å²) in [5.41, 5.74) is 1.72. The Morgan fingerprint density at radius 2 is 2.13 bits per heavy atom. The molecule has 162 valence electrons. The Bertz CT molecular complexity index is 1060. The molecule has 1 aromatic heterocycles. The molecule has 10 heteroatoms. The summed E-state index contributed by atoms with van der Waals surface area (Å²) in [4.78, 5) is 12.2. The lowest BCUT2D eigenvalue weighted by Gasteiger charge is -2.29. The Labute approximate surface area is 178 Å². The first kappa shape index (κ1) is 20.7. The molecule has 0 aliphatic carbocycles. The number of carbonyl (C=O) groups excluding carboxylic acids is 1. The number of halogens is 1. The zero-order chi connectivity index (χ0) is 21.8. The lowest BCUT2D eigenvalue weighted by molar-refractivity contribution is -0.116. The van der Waals surface area contributed by atoms with Crippen LogP contribution in [0.5, 0.6) is 5.75 Å². The fourth-order valence-electron chi connectivity index (χ4n) is 3.67. The number of carbonyl (C=O) groups is 1. The van der Waals surface area contributed by atoms with Gasteiger partial charge in [0.2, 0.25) is 5.89 Å². The summed E-state index contributed by atoms with van der Waals surface area (Å²) in [6.45, 7) is 1.78. The Kier molecular flexibility index (Phi) is 6.08. The minimum Gasteiger partial charge on any atom is -0.494 e. The van der Waals surface area contributed by atoms with E-state index in [2.05, 4.69) is 26.1 Å². The number of benzene rings is 1. The molecule has 31 heavy (non-hydrogen) atoms. The number of rotatable bonds is 6. The van der Waals surface area contributed by atoms with Crippen molar-refractivity contribution >= 4 is 17.7 Å². The molecule has 1 aromatic carbocycles. The Balaban J connectivity index is 1.55. The maximum atomic E-state index is 13.9. The van der Waals surface area contributed by atoms with Crippen molar-refractivity contribution in [2.45, 2.75) is 19.3 Å². The van der Waals surface area contributed by atoms with E-state index in [-0.39, 0.29) is 41.3 Å². The number of nitrogens with one attached hydrogen (secondary N) is 4. The maximum absolute atomic E-state index is 13.9. The molecule has 0 saturated carbocycles. The first-order valence-electron chi connectivity index (χ1n) is 9.97. The van der Waals surface area contributed by atoms with Crippen LogP contribution in [0.2, 0.25) is 0 Å². The van der Waals surface area contributed by atoms with Gasteiger partial charge in [0, 0.05) is 23.9 Å². The van der Waals surface area contributed by atoms with Crippen molar-refractivity contribution in [3.8, 4) is 5.75 Å². The topological polar surface area (TPSA) is 125 Å². The second-order valence-corrected chi connectivity index (χ2v) is 7.32. The smallest absolute Gasteiger partial charge is 0.252 e. The Morgan fingerprint density at radius 1 is 1.32 bits per heavy atom. The van der Waals surface area contributed by atoms with E-state index in [0.717, 1.165) is 37.8 Å². The molecule has 1 saturated heterocycles. The fourth-order valence-corrected chi connectivity index (χ4v) is 3.67. The second-order valence-electron chi connectivity index (χ2n) is 7.32. The highest BCUT2D eigenvalue weighted by atomic mass is 19.1. The monoisotopic (exact) mass is 426 g/mol. The number of amides is 1. The van der Waals surface area contributed by atoms with Gasteiger partial charge in [-0.2, -0.15) is 0 Å². The quantitative estimate of drug-likeness (QED) is 0.519. The van der Waals surface area contributed by atoms with Crippen molar-refractivity contribution in [2.24, 2.45) is 5.92 Å². The first-order chi connectivity index (χ1) is 15.1. The van der Waals surface area contributed by atoms with Crippen LogP contribution in [0.4, 0.5) is 4.39 Å². The minimum atomic E-state index is -0.478. The van der Waals surface area contributed by atoms with E-state index in [1.165, 1.54) is 19.2 Å². The van der Waals surface area contributed by atoms with Crippen molar-refractivity contribution in [3.05, 3.63) is 59.0 Å². The van der Waals surface area contributed by atoms with Crippen LogP contribution in [0.25, 0.3) is 5.57 Å². The lowest BCUT2D eigenvalue weighted by atomic mass is 9.93. The summed E-state index contributed by atoms with van der Waals surface area (Å²) in [6.07, 6.45) is 4.66. The van der Waals surface area contributed by atoms with Crippen molar-refractivity contribution < 1.29 is 18.3 Å². The van der Waals surface area contributed by atoms with Crippen LogP contribution in [-0.4, -0.2) is 42.5 Å². The number of hydrogen-bond acceptors (Lipinski definition) is 8. The molecular weight excluding hydrogens is 403 g/mol. The fraction of sp³-hybridized carbons (Fsp3) is 0.333. The molecule has 1 fully saturated rings. The van der Waals surface area contributed by atoms with Crippen LogP contribution in [0, 0.1) is 17.1 Å². The van der Waals surface area contributed by atoms with Gasteiger partial charge in [0.05, 0.1) is 19.1 Å². The van der Waals surface area contributed by atoms with Gasteiger partial charge in [0.1, 0.15) is 5.82 Å². The van der Waals surface area contributed by atoms with E-state index >= 15 is 0 Å². The molecule has 2 aromatic rings. The summed E-state index contributed by atoms with van der Waals surface area (Å²) in [7, 11) is 1.40. The minimum absolute atomic E-state index is 0.0911. The van der Waals surface area contributed by atoms with Crippen molar-refractivity contribution in [3.63, 3.8) is 0 Å². The third kappa shape index (κ3) is 4.64. The van der Waals surface area contributed by atoms with Crippen LogP contribution in [-0.2, 0) is 11.2 Å². The molecule has 2 aliphatic heterocycles. The van der Waals surface area contributed by atoms with Gasteiger partial charge in [-0.1, -0.05) is 6.07 Å². The van der Waals surface area contributed by atoms with Crippen LogP contribution in [0.3, 0.4) is 0 Å². The zero-order valence-corrected chi connectivity index (χ0v) is 17.0. The number of hydrogen-bond donors (Lipinski definition) is 4. The number of aromatic nitrogens is 2. The molecule has 3 heterocycles. The molecule has 4 N–H and O–H groups in total. The number of methoxy groups -OCH3 is 1. The van der Waals surface area contributed by atoms with Gasteiger partial charge in [0.15, 0.2) is 11.6 Å². The van der Waals surface area contributed by atoms with Crippen LogP contribution in [0.1, 0.15) is 30.2 Å². The van der Waals surface area contributed by atoms with Gasteiger partial charge >= 0.3 is 0 Å². The number of ether oxygens (including phenoxy) is 1. The van der Waals surface area contributed by atoms with Gasteiger partial charge < -0.3 is 30.5 Å². The molecule has 0 atom stereocenters. The van der Waals surface area contributed by atoms with Crippen LogP contribution in [0.15, 0.2) is 40.2 Å². The van der Waals surface area contributed by atoms with Gasteiger partial charge in [0.25, 0.3) is 11.8 Å². The molecule has 2 aliphatic rings. The molecule has 4 rings (SSSR count). The lowest BCUT2D eigenvalue weighted by Crippen LogP contribution is -2.41. The van der Waals surface area contributed by atoms with Crippen LogP contribution < -0.4 is 20.7 Å². The largest absolute Gasteiger partial charge is 0.494 e. The van der Waals surface area contributed by atoms with Crippen molar-refractivity contribution in [1.29, 1.82) is 5.41 Å². The normalized spacial score (nSPS) is 18.6. The standard InChI is InChI=1S/C21H23FN6O3/c1-30-17-3-2-12(8-15(17)22)9-19-27-28-21(31-19)14(11-23)20-25-16(10-18(29)26-20)13-4-6-24-7-5-13/h2-3,8,10-11,13,23-25H,4-7,9H2,1H3,(H,26,29)/b20-14-,23-11?. The highest BCUT2D eigenvalue weighted by Crippen LogP contribution is 2.25. The average molecular weight is 426 g/mol. The van der Waals surface area contributed by atoms with E-state index in [1.54, 1.807) is 12.1 Å². The molecule has 9 nitrogen and oxygen atoms in total. The average Bonchev–Trinajstić information content (AvgIpc) is 3.22. The predicted octanol–water partition coefficient (Wildman–Crippen LogP) is 1.73. The van der Waals surface area contributed by atoms with E-state index in [9.17, 15) is 9.18 Å². The summed E-state index contributed by atoms with van der Waals surface area (Å²) in [6, 6.07) is 4.58. The van der Waals surface area contributed by atoms with E-state index in [1.807, 2.05) is 0 Å². The SMILES string of the molecule is COc1ccc(Cc2nnc(/C(C=N)=C3\NC(=O)C=C(C4CCNCC4)N3)o2)cc1F. The first-order valence-corrected chi connectivity index (χ1v) is 9.97. The number of piperidine rings is 1. The molecule has 0 unspecified atom stereocenters. The highest BCUT2D eigenvalue weighted by Gasteiger charge is 2.26. The molecular formula is C21H23FN6O3. The summed E-state index contributed by atoms with van der Waals surface area (Å²) in [5, 5.41) is 25.1. The molecule has 0 spiro atoms. The Hall–Kier alpha value is -3.53. The predicted molar refractivity (Wildman–Crippen MR) is 111 cm³/mol. The zero-order valence-electron chi connectivity index (χ0n) is 17.0. The summed E-state index contributed by atoms with van der Waals surface area (Å²) < 4.78 is 24.5. The van der Waals surface area contributed by atoms with Gasteiger partial charge in [-0.15, -0.1) is 10.2 Å². The van der Waals surface area contributed by atoms with E-state index < -0.39 is 5.82 Å². The highest BCUT2D eigenvalue weighted by molar-refractivity contribution is 6.09. The second kappa shape index (κ2) is 9.09. The summed E-state index contributed by atoms with van der Waals surface area (Å²) in [5.74, 6) is 0.328. The van der Waals surface area contributed by atoms with E-state index in [4.69, 9.17) is 14.6 Å². The number of nitrogens with zero attached hydrogens (tertiary/aromatic N) is 2.